The fraction of sp³-hybridized carbons (Fsp3) is 0.818. The Morgan fingerprint density at radius 1 is 1.29 bits per heavy atom. The van der Waals surface area contributed by atoms with Crippen LogP contribution in [0.5, 0.6) is 0 Å². The molecule has 124 valence electrons. The normalized spacial score (nSPS) is 22.3. The highest BCUT2D eigenvalue weighted by Gasteiger charge is 2.42. The van der Waals surface area contributed by atoms with Crippen LogP contribution in [0, 0.1) is 0 Å². The number of amides is 1. The number of hydrogen-bond donors (Lipinski definition) is 3. The zero-order chi connectivity index (χ0) is 17.0. The van der Waals surface area contributed by atoms with Crippen LogP contribution in [0.4, 0.5) is 4.79 Å². The summed E-state index contributed by atoms with van der Waals surface area (Å²) in [5.74, 6) is -1.21. The number of aliphatic hydroxyl groups excluding tert-OH is 1. The van der Waals surface area contributed by atoms with Gasteiger partial charge < -0.3 is 14.9 Å². The molecule has 3 N–H and O–H groups in total. The van der Waals surface area contributed by atoms with Crippen molar-refractivity contribution >= 4 is 22.2 Å². The van der Waals surface area contributed by atoms with E-state index in [1.807, 2.05) is 0 Å². The van der Waals surface area contributed by atoms with Gasteiger partial charge in [-0.1, -0.05) is 0 Å². The van der Waals surface area contributed by atoms with Crippen molar-refractivity contribution < 1.29 is 37.5 Å². The number of aliphatic carboxylic acids is 1. The summed E-state index contributed by atoms with van der Waals surface area (Å²) in [6.07, 6.45) is -0.745. The fourth-order valence-corrected chi connectivity index (χ4v) is 1.60. The molecular formula is C11H21NO8S. The summed E-state index contributed by atoms with van der Waals surface area (Å²) in [4.78, 5) is 23.6. The van der Waals surface area contributed by atoms with Crippen LogP contribution in [0.2, 0.25) is 0 Å². The standard InChI is InChI=1S/C10H17NO5.CH4O3S/c1-10(2,3)16-9(15)11-5-4-6(12)7(11)8(13)14;1-5(2,3)4/h6-7,12H,4-5H2,1-3H3,(H,13,14);1H3,(H,2,3,4)/t6?,7-;/m0./s1. The number of nitrogens with zero attached hydrogens (tertiary/aromatic N) is 1. The molecule has 0 aromatic heterocycles. The number of hydrogen-bond acceptors (Lipinski definition) is 6. The molecule has 1 amide bonds. The van der Waals surface area contributed by atoms with Crippen molar-refractivity contribution in [1.82, 2.24) is 4.90 Å². The minimum atomic E-state index is -3.67. The molecule has 0 radical (unpaired) electrons. The third-order valence-electron chi connectivity index (χ3n) is 2.25. The molecule has 1 saturated heterocycles. The maximum atomic E-state index is 11.7. The third-order valence-corrected chi connectivity index (χ3v) is 2.25. The van der Waals surface area contributed by atoms with E-state index in [1.165, 1.54) is 0 Å². The molecule has 1 rings (SSSR count). The zero-order valence-corrected chi connectivity index (χ0v) is 13.1. The molecule has 0 aromatic rings. The maximum Gasteiger partial charge on any atom is 0.411 e. The van der Waals surface area contributed by atoms with Gasteiger partial charge in [0.15, 0.2) is 6.04 Å². The molecule has 0 spiro atoms. The van der Waals surface area contributed by atoms with Gasteiger partial charge in [0.05, 0.1) is 12.4 Å². The third kappa shape index (κ3) is 8.48. The fourth-order valence-electron chi connectivity index (χ4n) is 1.60. The molecule has 1 unspecified atom stereocenters. The monoisotopic (exact) mass is 327 g/mol. The molecule has 10 heteroatoms. The lowest BCUT2D eigenvalue weighted by atomic mass is 10.2. The highest BCUT2D eigenvalue weighted by molar-refractivity contribution is 7.85. The molecule has 0 aromatic carbocycles. The van der Waals surface area contributed by atoms with Crippen LogP contribution < -0.4 is 0 Å². The minimum Gasteiger partial charge on any atom is -0.480 e. The van der Waals surface area contributed by atoms with Crippen LogP contribution in [-0.4, -0.2) is 70.7 Å². The number of carbonyl (C=O) groups is 2. The van der Waals surface area contributed by atoms with Gasteiger partial charge in [0.2, 0.25) is 0 Å². The molecule has 1 aliphatic rings. The van der Waals surface area contributed by atoms with E-state index >= 15 is 0 Å². The Labute approximate surface area is 123 Å². The van der Waals surface area contributed by atoms with E-state index in [4.69, 9.17) is 14.4 Å². The summed E-state index contributed by atoms with van der Waals surface area (Å²) < 4.78 is 30.9. The van der Waals surface area contributed by atoms with Crippen LogP contribution >= 0.6 is 0 Å². The molecule has 1 fully saturated rings. The van der Waals surface area contributed by atoms with Crippen LogP contribution in [0.25, 0.3) is 0 Å². The predicted molar refractivity (Wildman–Crippen MR) is 72.5 cm³/mol. The SMILES string of the molecule is CC(C)(C)OC(=O)N1CCC(O)[C@H]1C(=O)O.CS(=O)(=O)O. The molecule has 0 bridgehead atoms. The van der Waals surface area contributed by atoms with Gasteiger partial charge in [-0.25, -0.2) is 9.59 Å². The molecule has 0 aliphatic carbocycles. The first-order valence-electron chi connectivity index (χ1n) is 6.05. The Hall–Kier alpha value is -1.39. The smallest absolute Gasteiger partial charge is 0.411 e. The number of ether oxygens (including phenoxy) is 1. The largest absolute Gasteiger partial charge is 0.480 e. The van der Waals surface area contributed by atoms with E-state index in [9.17, 15) is 23.1 Å². The van der Waals surface area contributed by atoms with E-state index in [1.54, 1.807) is 20.8 Å². The number of aliphatic hydroxyl groups is 1. The minimum absolute atomic E-state index is 0.201. The topological polar surface area (TPSA) is 141 Å². The lowest BCUT2D eigenvalue weighted by Crippen LogP contribution is -2.46. The average Bonchev–Trinajstić information content (AvgIpc) is 2.54. The van der Waals surface area contributed by atoms with Crippen molar-refractivity contribution in [2.45, 2.75) is 44.9 Å². The van der Waals surface area contributed by atoms with Crippen molar-refractivity contribution in [1.29, 1.82) is 0 Å². The number of likely N-dealkylation sites (tertiary alicyclic amines) is 1. The van der Waals surface area contributed by atoms with Gasteiger partial charge in [-0.2, -0.15) is 8.42 Å². The van der Waals surface area contributed by atoms with Crippen molar-refractivity contribution in [3.05, 3.63) is 0 Å². The Kier molecular flexibility index (Phi) is 6.58. The second-order valence-corrected chi connectivity index (χ2v) is 7.01. The Morgan fingerprint density at radius 2 is 1.71 bits per heavy atom. The van der Waals surface area contributed by atoms with Gasteiger partial charge in [0.1, 0.15) is 5.60 Å². The van der Waals surface area contributed by atoms with Gasteiger partial charge in [-0.3, -0.25) is 9.45 Å². The van der Waals surface area contributed by atoms with Crippen molar-refractivity contribution in [2.24, 2.45) is 0 Å². The molecule has 0 saturated carbocycles. The number of rotatable bonds is 1. The number of carboxylic acids is 1. The Balaban J connectivity index is 0.000000690. The summed E-state index contributed by atoms with van der Waals surface area (Å²) in [6, 6.07) is -1.20. The van der Waals surface area contributed by atoms with Crippen LogP contribution in [0.3, 0.4) is 0 Å². The van der Waals surface area contributed by atoms with Crippen LogP contribution in [0.15, 0.2) is 0 Å². The Morgan fingerprint density at radius 3 is 2.05 bits per heavy atom. The van der Waals surface area contributed by atoms with Crippen molar-refractivity contribution in [3.8, 4) is 0 Å². The Bertz CT molecular complexity index is 473. The summed E-state index contributed by atoms with van der Waals surface area (Å²) in [6.45, 7) is 5.31. The lowest BCUT2D eigenvalue weighted by molar-refractivity contribution is -0.144. The van der Waals surface area contributed by atoms with Crippen molar-refractivity contribution in [3.63, 3.8) is 0 Å². The molecule has 9 nitrogen and oxygen atoms in total. The highest BCUT2D eigenvalue weighted by atomic mass is 32.2. The molecule has 1 heterocycles. The second kappa shape index (κ2) is 7.05. The quantitative estimate of drug-likeness (QED) is 0.569. The first-order valence-corrected chi connectivity index (χ1v) is 7.90. The molecule has 21 heavy (non-hydrogen) atoms. The number of carboxylic acid groups (broad SMARTS) is 1. The van der Waals surface area contributed by atoms with E-state index in [2.05, 4.69) is 0 Å². The molecule has 2 atom stereocenters. The van der Waals surface area contributed by atoms with Crippen LogP contribution in [-0.2, 0) is 19.6 Å². The van der Waals surface area contributed by atoms with E-state index in [0.717, 1.165) is 4.90 Å². The summed E-state index contributed by atoms with van der Waals surface area (Å²) >= 11 is 0. The highest BCUT2D eigenvalue weighted by Crippen LogP contribution is 2.21. The zero-order valence-electron chi connectivity index (χ0n) is 12.3. The summed E-state index contributed by atoms with van der Waals surface area (Å²) in [7, 11) is -3.67. The first kappa shape index (κ1) is 19.6. The average molecular weight is 327 g/mol. The van der Waals surface area contributed by atoms with Gasteiger partial charge in [0, 0.05) is 6.54 Å². The van der Waals surface area contributed by atoms with Gasteiger partial charge in [-0.05, 0) is 27.2 Å². The van der Waals surface area contributed by atoms with Gasteiger partial charge in [-0.15, -0.1) is 0 Å². The first-order chi connectivity index (χ1) is 9.22. The predicted octanol–water partition coefficient (Wildman–Crippen LogP) is -0.0547. The second-order valence-electron chi connectivity index (χ2n) is 5.55. The molecular weight excluding hydrogens is 306 g/mol. The van der Waals surface area contributed by atoms with E-state index in [-0.39, 0.29) is 13.0 Å². The lowest BCUT2D eigenvalue weighted by Gasteiger charge is -2.27. The van der Waals surface area contributed by atoms with Crippen LogP contribution in [0.1, 0.15) is 27.2 Å². The van der Waals surface area contributed by atoms with E-state index < -0.39 is 39.9 Å². The summed E-state index contributed by atoms with van der Waals surface area (Å²) in [5, 5.41) is 18.3. The van der Waals surface area contributed by atoms with Crippen molar-refractivity contribution in [2.75, 3.05) is 12.8 Å². The maximum absolute atomic E-state index is 11.7. The van der Waals surface area contributed by atoms with Gasteiger partial charge in [0.25, 0.3) is 10.1 Å². The molecule has 1 aliphatic heterocycles. The van der Waals surface area contributed by atoms with E-state index in [0.29, 0.717) is 6.26 Å². The van der Waals surface area contributed by atoms with Gasteiger partial charge >= 0.3 is 12.1 Å². The number of carbonyl (C=O) groups excluding carboxylic acids is 1. The summed E-state index contributed by atoms with van der Waals surface area (Å²) in [5.41, 5.74) is -0.673.